The van der Waals surface area contributed by atoms with Gasteiger partial charge >= 0.3 is 0 Å². The van der Waals surface area contributed by atoms with E-state index in [1.807, 2.05) is 0 Å². The number of fused-ring (bicyclic) bond motifs is 3. The summed E-state index contributed by atoms with van der Waals surface area (Å²) in [6, 6.07) is 8.68. The van der Waals surface area contributed by atoms with Gasteiger partial charge in [0.2, 0.25) is 0 Å². The molecule has 0 spiro atoms. The molecule has 3 fully saturated rings. The Labute approximate surface area is 159 Å². The van der Waals surface area contributed by atoms with E-state index in [1.165, 1.54) is 63.4 Å². The number of hydrogen-bond donors (Lipinski definition) is 0. The molecule has 1 aromatic carbocycles. The molecule has 3 aliphatic carbocycles. The third-order valence-electron chi connectivity index (χ3n) is 7.57. The van der Waals surface area contributed by atoms with Crippen LogP contribution in [0.4, 0.5) is 0 Å². The van der Waals surface area contributed by atoms with Crippen molar-refractivity contribution in [1.82, 2.24) is 0 Å². The molecular formula is C24H33Cl. The molecule has 0 aliphatic heterocycles. The van der Waals surface area contributed by atoms with Crippen molar-refractivity contribution in [2.45, 2.75) is 70.6 Å². The predicted molar refractivity (Wildman–Crippen MR) is 108 cm³/mol. The van der Waals surface area contributed by atoms with Crippen LogP contribution in [-0.4, -0.2) is 0 Å². The Kier molecular flexibility index (Phi) is 5.56. The fraction of sp³-hybridized carbons (Fsp3) is 0.667. The van der Waals surface area contributed by atoms with Crippen LogP contribution < -0.4 is 0 Å². The molecular weight excluding hydrogens is 324 g/mol. The lowest BCUT2D eigenvalue weighted by molar-refractivity contribution is 0.0127. The first-order valence-electron chi connectivity index (χ1n) is 10.7. The van der Waals surface area contributed by atoms with E-state index in [1.54, 1.807) is 0 Å². The Hall–Kier alpha value is -0.750. The van der Waals surface area contributed by atoms with E-state index in [2.05, 4.69) is 43.3 Å². The fourth-order valence-corrected chi connectivity index (χ4v) is 6.50. The molecule has 0 unspecified atom stereocenters. The molecule has 1 heteroatoms. The van der Waals surface area contributed by atoms with Gasteiger partial charge in [0.1, 0.15) is 0 Å². The molecule has 0 N–H and O–H groups in total. The van der Waals surface area contributed by atoms with Crippen LogP contribution in [0.1, 0.15) is 76.2 Å². The third kappa shape index (κ3) is 3.85. The molecule has 0 nitrogen and oxygen atoms in total. The minimum atomic E-state index is 0.777. The molecule has 4 rings (SSSR count). The zero-order chi connectivity index (χ0) is 17.2. The van der Waals surface area contributed by atoms with Gasteiger partial charge in [-0.2, -0.15) is 0 Å². The van der Waals surface area contributed by atoms with Crippen LogP contribution in [0.5, 0.6) is 0 Å². The summed E-state index contributed by atoms with van der Waals surface area (Å²) in [4.78, 5) is 0. The second kappa shape index (κ2) is 7.87. The van der Waals surface area contributed by atoms with Gasteiger partial charge < -0.3 is 0 Å². The Balaban J connectivity index is 1.39. The topological polar surface area (TPSA) is 0 Å². The van der Waals surface area contributed by atoms with Gasteiger partial charge in [-0.05, 0) is 111 Å². The van der Waals surface area contributed by atoms with E-state index in [4.69, 9.17) is 11.6 Å². The van der Waals surface area contributed by atoms with Gasteiger partial charge in [0.25, 0.3) is 0 Å². The van der Waals surface area contributed by atoms with Crippen molar-refractivity contribution in [1.29, 1.82) is 0 Å². The number of hydrogen-bond acceptors (Lipinski definition) is 0. The maximum atomic E-state index is 6.08. The lowest BCUT2D eigenvalue weighted by Crippen LogP contribution is -2.41. The molecule has 136 valence electrons. The SMILES string of the molecule is CCC=C[C@@H]1CC[C@H]2[C@H](CC[C@H]3C[C@H](c4ccc(Cl)cc4)CC[C@@H]32)C1. The van der Waals surface area contributed by atoms with Crippen LogP contribution in [-0.2, 0) is 0 Å². The van der Waals surface area contributed by atoms with Gasteiger partial charge in [0.15, 0.2) is 0 Å². The summed E-state index contributed by atoms with van der Waals surface area (Å²) in [5.74, 6) is 5.73. The summed E-state index contributed by atoms with van der Waals surface area (Å²) < 4.78 is 0. The van der Waals surface area contributed by atoms with Crippen LogP contribution in [0.3, 0.4) is 0 Å². The van der Waals surface area contributed by atoms with Crippen LogP contribution in [0.25, 0.3) is 0 Å². The standard InChI is InChI=1S/C24H33Cl/c1-2-3-4-17-5-13-23-20(15-17)6-7-21-16-19(10-14-24(21)23)18-8-11-22(25)12-9-18/h3-4,8-9,11-12,17,19-21,23-24H,2,5-7,10,13-16H2,1H3/t17-,19-,20-,21+,23+,24+/m1/s1. The van der Waals surface area contributed by atoms with Crippen molar-refractivity contribution in [2.75, 3.05) is 0 Å². The Morgan fingerprint density at radius 2 is 1.56 bits per heavy atom. The molecule has 25 heavy (non-hydrogen) atoms. The zero-order valence-corrected chi connectivity index (χ0v) is 16.4. The minimum Gasteiger partial charge on any atom is -0.0885 e. The zero-order valence-electron chi connectivity index (χ0n) is 15.7. The summed E-state index contributed by atoms with van der Waals surface area (Å²) in [6.45, 7) is 2.26. The Bertz CT molecular complexity index is 587. The molecule has 0 radical (unpaired) electrons. The average Bonchev–Trinajstić information content (AvgIpc) is 2.66. The summed E-state index contributed by atoms with van der Waals surface area (Å²) in [5, 5.41) is 0.867. The molecule has 3 aliphatic rings. The molecule has 0 saturated heterocycles. The Morgan fingerprint density at radius 3 is 2.28 bits per heavy atom. The van der Waals surface area contributed by atoms with Gasteiger partial charge in [-0.25, -0.2) is 0 Å². The van der Waals surface area contributed by atoms with Gasteiger partial charge in [-0.3, -0.25) is 0 Å². The van der Waals surface area contributed by atoms with Crippen molar-refractivity contribution in [3.63, 3.8) is 0 Å². The van der Waals surface area contributed by atoms with Crippen molar-refractivity contribution < 1.29 is 0 Å². The van der Waals surface area contributed by atoms with Crippen LogP contribution in [0.2, 0.25) is 5.02 Å². The highest BCUT2D eigenvalue weighted by atomic mass is 35.5. The largest absolute Gasteiger partial charge is 0.0885 e. The van der Waals surface area contributed by atoms with Crippen molar-refractivity contribution >= 4 is 11.6 Å². The highest BCUT2D eigenvalue weighted by molar-refractivity contribution is 6.30. The van der Waals surface area contributed by atoms with Crippen molar-refractivity contribution in [3.8, 4) is 0 Å². The number of benzene rings is 1. The van der Waals surface area contributed by atoms with E-state index in [9.17, 15) is 0 Å². The van der Waals surface area contributed by atoms with Gasteiger partial charge in [-0.1, -0.05) is 42.8 Å². The molecule has 6 atom stereocenters. The summed E-state index contributed by atoms with van der Waals surface area (Å²) >= 11 is 6.08. The normalized spacial score (nSPS) is 38.3. The first-order valence-corrected chi connectivity index (χ1v) is 11.0. The molecule has 0 aromatic heterocycles. The van der Waals surface area contributed by atoms with Crippen LogP contribution in [0.15, 0.2) is 36.4 Å². The highest BCUT2D eigenvalue weighted by Gasteiger charge is 2.44. The van der Waals surface area contributed by atoms with E-state index >= 15 is 0 Å². The van der Waals surface area contributed by atoms with Gasteiger partial charge in [0.05, 0.1) is 0 Å². The maximum Gasteiger partial charge on any atom is 0.0406 e. The monoisotopic (exact) mass is 356 g/mol. The first-order chi connectivity index (χ1) is 12.2. The maximum absolute atomic E-state index is 6.08. The van der Waals surface area contributed by atoms with E-state index in [0.29, 0.717) is 0 Å². The Morgan fingerprint density at radius 1 is 0.880 bits per heavy atom. The van der Waals surface area contributed by atoms with E-state index < -0.39 is 0 Å². The molecule has 3 saturated carbocycles. The second-order valence-corrected chi connectivity index (χ2v) is 9.33. The fourth-order valence-electron chi connectivity index (χ4n) is 6.37. The van der Waals surface area contributed by atoms with E-state index in [-0.39, 0.29) is 0 Å². The van der Waals surface area contributed by atoms with Crippen molar-refractivity contribution in [3.05, 3.63) is 47.0 Å². The van der Waals surface area contributed by atoms with Gasteiger partial charge in [0, 0.05) is 5.02 Å². The first kappa shape index (κ1) is 17.7. The summed E-state index contributed by atoms with van der Waals surface area (Å²) in [7, 11) is 0. The van der Waals surface area contributed by atoms with E-state index in [0.717, 1.165) is 40.5 Å². The quantitative estimate of drug-likeness (QED) is 0.488. The second-order valence-electron chi connectivity index (χ2n) is 8.90. The molecule has 0 amide bonds. The average molecular weight is 357 g/mol. The lowest BCUT2D eigenvalue weighted by atomic mass is 9.55. The smallest absolute Gasteiger partial charge is 0.0406 e. The summed E-state index contributed by atoms with van der Waals surface area (Å²) in [6.07, 6.45) is 17.8. The van der Waals surface area contributed by atoms with Gasteiger partial charge in [-0.15, -0.1) is 0 Å². The molecule has 1 aromatic rings. The minimum absolute atomic E-state index is 0.777. The summed E-state index contributed by atoms with van der Waals surface area (Å²) in [5.41, 5.74) is 1.53. The molecule has 0 bridgehead atoms. The number of rotatable bonds is 3. The predicted octanol–water partition coefficient (Wildman–Crippen LogP) is 7.63. The van der Waals surface area contributed by atoms with Crippen LogP contribution >= 0.6 is 11.6 Å². The number of allylic oxidation sites excluding steroid dienone is 2. The van der Waals surface area contributed by atoms with Crippen molar-refractivity contribution in [2.24, 2.45) is 29.6 Å². The molecule has 0 heterocycles. The lowest BCUT2D eigenvalue weighted by Gasteiger charge is -2.50. The number of halogens is 1. The third-order valence-corrected chi connectivity index (χ3v) is 7.82. The highest BCUT2D eigenvalue weighted by Crippen LogP contribution is 2.54. The van der Waals surface area contributed by atoms with Crippen LogP contribution in [0, 0.1) is 29.6 Å².